The van der Waals surface area contributed by atoms with Gasteiger partial charge < -0.3 is 15.5 Å². The number of carbonyl (C=O) groups excluding carboxylic acids is 2. The van der Waals surface area contributed by atoms with Gasteiger partial charge in [0, 0.05) is 36.1 Å². The van der Waals surface area contributed by atoms with Crippen LogP contribution in [0, 0.1) is 16.0 Å². The molecular formula is C23H29ClN4O4. The second-order valence-corrected chi connectivity index (χ2v) is 8.44. The van der Waals surface area contributed by atoms with E-state index in [9.17, 15) is 19.7 Å². The van der Waals surface area contributed by atoms with Gasteiger partial charge in [-0.15, -0.1) is 0 Å². The molecule has 2 aromatic carbocycles. The maximum absolute atomic E-state index is 12.9. The summed E-state index contributed by atoms with van der Waals surface area (Å²) in [7, 11) is 0. The smallest absolute Gasteiger partial charge is 0.270 e. The number of anilines is 2. The monoisotopic (exact) mass is 460 g/mol. The highest BCUT2D eigenvalue weighted by Gasteiger charge is 2.26. The first-order chi connectivity index (χ1) is 15.0. The molecule has 0 aliphatic carbocycles. The average molecular weight is 461 g/mol. The summed E-state index contributed by atoms with van der Waals surface area (Å²) in [5, 5.41) is 16.3. The average Bonchev–Trinajstić information content (AvgIpc) is 2.72. The minimum atomic E-state index is -0.823. The third-order valence-electron chi connectivity index (χ3n) is 5.07. The molecule has 1 unspecified atom stereocenters. The van der Waals surface area contributed by atoms with E-state index in [4.69, 9.17) is 11.6 Å². The summed E-state index contributed by atoms with van der Waals surface area (Å²) < 4.78 is 0. The van der Waals surface area contributed by atoms with Crippen LogP contribution in [0.25, 0.3) is 0 Å². The fourth-order valence-electron chi connectivity index (χ4n) is 3.36. The Kier molecular flexibility index (Phi) is 8.60. The third-order valence-corrected chi connectivity index (χ3v) is 5.39. The molecular weight excluding hydrogens is 432 g/mol. The van der Waals surface area contributed by atoms with Crippen LogP contribution >= 0.6 is 11.6 Å². The van der Waals surface area contributed by atoms with Gasteiger partial charge >= 0.3 is 0 Å². The molecule has 0 aliphatic rings. The molecule has 0 bridgehead atoms. The highest BCUT2D eigenvalue weighted by molar-refractivity contribution is 6.34. The van der Waals surface area contributed by atoms with Crippen LogP contribution in [0.15, 0.2) is 42.5 Å². The Morgan fingerprint density at radius 2 is 1.72 bits per heavy atom. The van der Waals surface area contributed by atoms with E-state index in [-0.39, 0.29) is 28.1 Å². The Bertz CT molecular complexity index is 976. The number of carbonyl (C=O) groups is 2. The number of nitro groups is 1. The second-order valence-electron chi connectivity index (χ2n) is 8.03. The number of nitrogens with one attached hydrogen (secondary N) is 2. The van der Waals surface area contributed by atoms with Crippen LogP contribution in [0.5, 0.6) is 0 Å². The Morgan fingerprint density at radius 3 is 2.19 bits per heavy atom. The molecule has 172 valence electrons. The van der Waals surface area contributed by atoms with Crippen molar-refractivity contribution in [2.75, 3.05) is 16.8 Å². The first kappa shape index (κ1) is 25.1. The summed E-state index contributed by atoms with van der Waals surface area (Å²) in [4.78, 5) is 38.1. The predicted molar refractivity (Wildman–Crippen MR) is 127 cm³/mol. The molecule has 0 aliphatic heterocycles. The summed E-state index contributed by atoms with van der Waals surface area (Å²) in [6.45, 7) is 10.8. The van der Waals surface area contributed by atoms with Gasteiger partial charge in [0.15, 0.2) is 0 Å². The van der Waals surface area contributed by atoms with E-state index in [1.165, 1.54) is 12.1 Å². The first-order valence-electron chi connectivity index (χ1n) is 10.5. The van der Waals surface area contributed by atoms with Crippen molar-refractivity contribution in [3.8, 4) is 0 Å². The van der Waals surface area contributed by atoms with Crippen molar-refractivity contribution in [2.24, 2.45) is 5.92 Å². The quantitative estimate of drug-likeness (QED) is 0.410. The van der Waals surface area contributed by atoms with Crippen LogP contribution in [0.2, 0.25) is 5.02 Å². The molecule has 1 atom stereocenters. The van der Waals surface area contributed by atoms with Gasteiger partial charge in [0.1, 0.15) is 6.04 Å². The molecule has 0 fully saturated rings. The van der Waals surface area contributed by atoms with Gasteiger partial charge in [-0.1, -0.05) is 25.4 Å². The molecule has 0 aromatic heterocycles. The van der Waals surface area contributed by atoms with Gasteiger partial charge in [0.2, 0.25) is 5.91 Å². The molecule has 2 rings (SSSR count). The Morgan fingerprint density at radius 1 is 1.09 bits per heavy atom. The predicted octanol–water partition coefficient (Wildman–Crippen LogP) is 4.88. The number of rotatable bonds is 9. The highest BCUT2D eigenvalue weighted by Crippen LogP contribution is 2.23. The molecule has 32 heavy (non-hydrogen) atoms. The summed E-state index contributed by atoms with van der Waals surface area (Å²) in [6.07, 6.45) is 0. The van der Waals surface area contributed by atoms with E-state index in [0.717, 1.165) is 18.3 Å². The number of hydrogen-bond acceptors (Lipinski definition) is 5. The lowest BCUT2D eigenvalue weighted by Gasteiger charge is -2.27. The van der Waals surface area contributed by atoms with E-state index in [1.54, 1.807) is 0 Å². The van der Waals surface area contributed by atoms with E-state index in [1.807, 2.05) is 38.1 Å². The van der Waals surface area contributed by atoms with Crippen molar-refractivity contribution in [1.82, 2.24) is 5.32 Å². The fourth-order valence-corrected chi connectivity index (χ4v) is 3.62. The van der Waals surface area contributed by atoms with Gasteiger partial charge in [0.05, 0.1) is 15.5 Å². The maximum atomic E-state index is 12.9. The number of benzene rings is 2. The number of amides is 2. The number of nitrogens with zero attached hydrogens (tertiary/aromatic N) is 2. The molecule has 0 heterocycles. The Labute approximate surface area is 193 Å². The van der Waals surface area contributed by atoms with Gasteiger partial charge in [-0.25, -0.2) is 0 Å². The van der Waals surface area contributed by atoms with Crippen molar-refractivity contribution >= 4 is 40.5 Å². The molecule has 0 spiro atoms. The van der Waals surface area contributed by atoms with Crippen molar-refractivity contribution in [1.29, 1.82) is 0 Å². The van der Waals surface area contributed by atoms with E-state index < -0.39 is 16.9 Å². The van der Waals surface area contributed by atoms with Crippen LogP contribution in [0.4, 0.5) is 17.1 Å². The summed E-state index contributed by atoms with van der Waals surface area (Å²) in [6, 6.07) is 10.6. The number of non-ortho nitro benzene ring substituents is 1. The van der Waals surface area contributed by atoms with Crippen LogP contribution in [-0.2, 0) is 4.79 Å². The van der Waals surface area contributed by atoms with Crippen molar-refractivity contribution in [3.63, 3.8) is 0 Å². The number of halogens is 1. The van der Waals surface area contributed by atoms with Gasteiger partial charge in [-0.05, 0) is 57.0 Å². The fraction of sp³-hybridized carbons (Fsp3) is 0.391. The Balaban J connectivity index is 2.13. The summed E-state index contributed by atoms with van der Waals surface area (Å²) in [5.74, 6) is -1.15. The molecule has 2 N–H and O–H groups in total. The molecule has 0 radical (unpaired) electrons. The number of nitro benzene ring substituents is 1. The van der Waals surface area contributed by atoms with Crippen molar-refractivity contribution < 1.29 is 14.5 Å². The lowest BCUT2D eigenvalue weighted by Crippen LogP contribution is -2.47. The molecule has 0 saturated carbocycles. The molecule has 2 aromatic rings. The zero-order valence-corrected chi connectivity index (χ0v) is 19.6. The summed E-state index contributed by atoms with van der Waals surface area (Å²) >= 11 is 6.05. The van der Waals surface area contributed by atoms with Gasteiger partial charge in [-0.2, -0.15) is 0 Å². The minimum Gasteiger partial charge on any atom is -0.369 e. The van der Waals surface area contributed by atoms with Crippen molar-refractivity contribution in [3.05, 3.63) is 63.2 Å². The van der Waals surface area contributed by atoms with E-state index in [2.05, 4.69) is 36.3 Å². The zero-order chi connectivity index (χ0) is 24.0. The first-order valence-corrected chi connectivity index (χ1v) is 10.8. The third kappa shape index (κ3) is 6.20. The number of hydrogen-bond donors (Lipinski definition) is 2. The lowest BCUT2D eigenvalue weighted by atomic mass is 10.0. The second kappa shape index (κ2) is 10.9. The standard InChI is InChI=1S/C23H29ClN4O4/c1-6-27(15(4)5)17-9-7-16(8-10-17)25-23(30)21(14(2)3)26-22(29)19-12-11-18(28(31)32)13-20(19)24/h7-15,21H,6H2,1-5H3,(H,25,30)(H,26,29). The minimum absolute atomic E-state index is 0.0548. The van der Waals surface area contributed by atoms with Gasteiger partial charge in [0.25, 0.3) is 11.6 Å². The normalized spacial score (nSPS) is 11.9. The Hall–Kier alpha value is -3.13. The molecule has 8 nitrogen and oxygen atoms in total. The molecule has 9 heteroatoms. The van der Waals surface area contributed by atoms with Crippen LogP contribution in [0.1, 0.15) is 45.0 Å². The van der Waals surface area contributed by atoms with Crippen LogP contribution in [0.3, 0.4) is 0 Å². The van der Waals surface area contributed by atoms with Crippen molar-refractivity contribution in [2.45, 2.75) is 46.7 Å². The van der Waals surface area contributed by atoms with Crippen LogP contribution in [-0.4, -0.2) is 35.4 Å². The lowest BCUT2D eigenvalue weighted by molar-refractivity contribution is -0.384. The zero-order valence-electron chi connectivity index (χ0n) is 18.9. The molecule has 0 saturated heterocycles. The summed E-state index contributed by atoms with van der Waals surface area (Å²) in [5.41, 5.74) is 1.52. The topological polar surface area (TPSA) is 105 Å². The maximum Gasteiger partial charge on any atom is 0.270 e. The van der Waals surface area contributed by atoms with E-state index >= 15 is 0 Å². The SMILES string of the molecule is CCN(c1ccc(NC(=O)C(NC(=O)c2ccc([N+](=O)[O-])cc2Cl)C(C)C)cc1)C(C)C. The van der Waals surface area contributed by atoms with Crippen LogP contribution < -0.4 is 15.5 Å². The highest BCUT2D eigenvalue weighted by atomic mass is 35.5. The van der Waals surface area contributed by atoms with Gasteiger partial charge in [-0.3, -0.25) is 19.7 Å². The van der Waals surface area contributed by atoms with E-state index in [0.29, 0.717) is 11.7 Å². The molecule has 2 amide bonds. The largest absolute Gasteiger partial charge is 0.369 e.